The van der Waals surface area contributed by atoms with Gasteiger partial charge in [-0.2, -0.15) is 0 Å². The van der Waals surface area contributed by atoms with E-state index in [0.29, 0.717) is 0 Å². The summed E-state index contributed by atoms with van der Waals surface area (Å²) in [7, 11) is 0. The quantitative estimate of drug-likeness (QED) is 0.805. The van der Waals surface area contributed by atoms with Crippen molar-refractivity contribution in [1.82, 2.24) is 0 Å². The molecule has 0 amide bonds. The number of rotatable bonds is 5. The van der Waals surface area contributed by atoms with Gasteiger partial charge in [0, 0.05) is 5.54 Å². The van der Waals surface area contributed by atoms with E-state index in [1.165, 1.54) is 5.56 Å². The average Bonchev–Trinajstić information content (AvgIpc) is 2.14. The molecule has 0 saturated heterocycles. The van der Waals surface area contributed by atoms with Crippen molar-refractivity contribution in [3.63, 3.8) is 0 Å². The molecule has 0 spiro atoms. The van der Waals surface area contributed by atoms with Crippen LogP contribution in [0.25, 0.3) is 0 Å². The first-order valence-corrected chi connectivity index (χ1v) is 5.52. The number of hydrogen-bond acceptors (Lipinski definition) is 2. The van der Waals surface area contributed by atoms with Crippen molar-refractivity contribution in [3.05, 3.63) is 29.8 Å². The van der Waals surface area contributed by atoms with Crippen molar-refractivity contribution in [1.29, 1.82) is 0 Å². The number of nitrogens with two attached hydrogens (primary N) is 1. The Labute approximate surface area is 92.4 Å². The van der Waals surface area contributed by atoms with Crippen molar-refractivity contribution >= 4 is 0 Å². The maximum atomic E-state index is 5.95. The van der Waals surface area contributed by atoms with Gasteiger partial charge in [-0.3, -0.25) is 0 Å². The maximum Gasteiger partial charge on any atom is 0.119 e. The molecule has 2 N–H and O–H groups in total. The molecule has 0 bridgehead atoms. The molecule has 0 aliphatic heterocycles. The van der Waals surface area contributed by atoms with Crippen LogP contribution in [0.1, 0.15) is 32.8 Å². The second-order valence-electron chi connectivity index (χ2n) is 4.66. The van der Waals surface area contributed by atoms with E-state index < -0.39 is 0 Å². The van der Waals surface area contributed by atoms with Crippen molar-refractivity contribution in [2.45, 2.75) is 39.2 Å². The molecule has 0 radical (unpaired) electrons. The maximum absolute atomic E-state index is 5.95. The highest BCUT2D eigenvalue weighted by Crippen LogP contribution is 2.15. The predicted octanol–water partition coefficient (Wildman–Crippen LogP) is 2.76. The van der Waals surface area contributed by atoms with E-state index in [0.717, 1.165) is 25.2 Å². The Morgan fingerprint density at radius 2 is 1.80 bits per heavy atom. The molecule has 0 aliphatic carbocycles. The van der Waals surface area contributed by atoms with Crippen LogP contribution in [0.2, 0.25) is 0 Å². The van der Waals surface area contributed by atoms with Crippen LogP contribution in [0, 0.1) is 0 Å². The predicted molar refractivity (Wildman–Crippen MR) is 64.2 cm³/mol. The Hall–Kier alpha value is -1.02. The Bertz CT molecular complexity index is 284. The molecule has 0 fully saturated rings. The molecule has 1 rings (SSSR count). The molecule has 0 heterocycles. The molecule has 0 aromatic heterocycles. The number of benzene rings is 1. The molecule has 1 aromatic carbocycles. The summed E-state index contributed by atoms with van der Waals surface area (Å²) in [6.07, 6.45) is 1.93. The summed E-state index contributed by atoms with van der Waals surface area (Å²) in [6.45, 7) is 6.95. The first-order valence-electron chi connectivity index (χ1n) is 5.52. The second-order valence-corrected chi connectivity index (χ2v) is 4.66. The highest BCUT2D eigenvalue weighted by atomic mass is 16.5. The Kier molecular flexibility index (Phi) is 4.15. The molecular formula is C13H21NO. The summed E-state index contributed by atoms with van der Waals surface area (Å²) in [4.78, 5) is 0. The van der Waals surface area contributed by atoms with Crippen LogP contribution in [-0.2, 0) is 6.42 Å². The number of hydrogen-bond donors (Lipinski definition) is 1. The first-order chi connectivity index (χ1) is 7.01. The zero-order chi connectivity index (χ0) is 11.3. The highest BCUT2D eigenvalue weighted by Gasteiger charge is 2.11. The number of ether oxygens (including phenoxy) is 1. The van der Waals surface area contributed by atoms with E-state index >= 15 is 0 Å². The lowest BCUT2D eigenvalue weighted by atomic mass is 9.96. The van der Waals surface area contributed by atoms with Crippen LogP contribution >= 0.6 is 0 Å². The summed E-state index contributed by atoms with van der Waals surface area (Å²) >= 11 is 0. The van der Waals surface area contributed by atoms with Gasteiger partial charge in [0.25, 0.3) is 0 Å². The summed E-state index contributed by atoms with van der Waals surface area (Å²) in [5, 5.41) is 0. The minimum absolute atomic E-state index is 0.147. The lowest BCUT2D eigenvalue weighted by Crippen LogP contribution is -2.34. The van der Waals surface area contributed by atoms with E-state index in [4.69, 9.17) is 10.5 Å². The average molecular weight is 207 g/mol. The van der Waals surface area contributed by atoms with Crippen LogP contribution in [-0.4, -0.2) is 12.1 Å². The molecule has 0 saturated carbocycles. The molecule has 1 aromatic rings. The molecule has 15 heavy (non-hydrogen) atoms. The van der Waals surface area contributed by atoms with Gasteiger partial charge >= 0.3 is 0 Å². The topological polar surface area (TPSA) is 35.2 Å². The lowest BCUT2D eigenvalue weighted by molar-refractivity contribution is 0.317. The third-order valence-electron chi connectivity index (χ3n) is 2.06. The molecule has 2 heteroatoms. The molecule has 0 aliphatic rings. The van der Waals surface area contributed by atoms with Crippen LogP contribution in [0.3, 0.4) is 0 Å². The fraction of sp³-hybridized carbons (Fsp3) is 0.538. The van der Waals surface area contributed by atoms with Gasteiger partial charge in [-0.25, -0.2) is 0 Å². The van der Waals surface area contributed by atoms with Gasteiger partial charge in [0.2, 0.25) is 0 Å². The fourth-order valence-corrected chi connectivity index (χ4v) is 1.45. The monoisotopic (exact) mass is 207 g/mol. The highest BCUT2D eigenvalue weighted by molar-refractivity contribution is 5.28. The second kappa shape index (κ2) is 5.17. The third kappa shape index (κ3) is 4.84. The van der Waals surface area contributed by atoms with Crippen molar-refractivity contribution in [2.24, 2.45) is 5.73 Å². The van der Waals surface area contributed by atoms with Crippen molar-refractivity contribution in [3.8, 4) is 5.75 Å². The fourth-order valence-electron chi connectivity index (χ4n) is 1.45. The van der Waals surface area contributed by atoms with E-state index in [2.05, 4.69) is 19.1 Å². The molecule has 2 nitrogen and oxygen atoms in total. The first kappa shape index (κ1) is 12.1. The Balaban J connectivity index is 2.56. The van der Waals surface area contributed by atoms with Gasteiger partial charge in [-0.1, -0.05) is 19.1 Å². The van der Waals surface area contributed by atoms with Crippen LogP contribution in [0.5, 0.6) is 5.75 Å². The Morgan fingerprint density at radius 1 is 1.20 bits per heavy atom. The van der Waals surface area contributed by atoms with Crippen LogP contribution in [0.4, 0.5) is 0 Å². The van der Waals surface area contributed by atoms with Crippen molar-refractivity contribution < 1.29 is 4.74 Å². The molecule has 84 valence electrons. The van der Waals surface area contributed by atoms with Gasteiger partial charge in [0.15, 0.2) is 0 Å². The summed E-state index contributed by atoms with van der Waals surface area (Å²) in [5.41, 5.74) is 7.06. The zero-order valence-electron chi connectivity index (χ0n) is 9.92. The van der Waals surface area contributed by atoms with Gasteiger partial charge in [-0.15, -0.1) is 0 Å². The molecular weight excluding hydrogens is 186 g/mol. The minimum atomic E-state index is -0.147. The minimum Gasteiger partial charge on any atom is -0.494 e. The van der Waals surface area contributed by atoms with Gasteiger partial charge in [-0.05, 0) is 44.4 Å². The summed E-state index contributed by atoms with van der Waals surface area (Å²) < 4.78 is 5.51. The zero-order valence-corrected chi connectivity index (χ0v) is 9.92. The van der Waals surface area contributed by atoms with E-state index in [9.17, 15) is 0 Å². The summed E-state index contributed by atoms with van der Waals surface area (Å²) in [6, 6.07) is 8.19. The van der Waals surface area contributed by atoms with Crippen molar-refractivity contribution in [2.75, 3.05) is 6.61 Å². The van der Waals surface area contributed by atoms with E-state index in [-0.39, 0.29) is 5.54 Å². The van der Waals surface area contributed by atoms with Gasteiger partial charge in [0.05, 0.1) is 6.61 Å². The Morgan fingerprint density at radius 3 is 2.27 bits per heavy atom. The van der Waals surface area contributed by atoms with Gasteiger partial charge < -0.3 is 10.5 Å². The van der Waals surface area contributed by atoms with E-state index in [1.807, 2.05) is 26.0 Å². The smallest absolute Gasteiger partial charge is 0.119 e. The van der Waals surface area contributed by atoms with Crippen LogP contribution < -0.4 is 10.5 Å². The standard InChI is InChI=1S/C13H21NO/c1-4-9-15-12-7-5-11(6-8-12)10-13(2,3)14/h5-8H,4,9-10,14H2,1-3H3. The molecule has 0 atom stereocenters. The van der Waals surface area contributed by atoms with E-state index in [1.54, 1.807) is 0 Å². The largest absolute Gasteiger partial charge is 0.494 e. The molecule has 0 unspecified atom stereocenters. The SMILES string of the molecule is CCCOc1ccc(CC(C)(C)N)cc1. The normalized spacial score (nSPS) is 11.5. The van der Waals surface area contributed by atoms with Gasteiger partial charge in [0.1, 0.15) is 5.75 Å². The third-order valence-corrected chi connectivity index (χ3v) is 2.06. The van der Waals surface area contributed by atoms with Crippen LogP contribution in [0.15, 0.2) is 24.3 Å². The lowest BCUT2D eigenvalue weighted by Gasteiger charge is -2.18. The summed E-state index contributed by atoms with van der Waals surface area (Å²) in [5.74, 6) is 0.940.